The van der Waals surface area contributed by atoms with E-state index < -0.39 is 5.91 Å². The molecule has 112 valence electrons. The van der Waals surface area contributed by atoms with E-state index in [0.717, 1.165) is 0 Å². The number of halogens is 2. The van der Waals surface area contributed by atoms with Gasteiger partial charge in [-0.15, -0.1) is 0 Å². The number of amides is 1. The number of nitrogens with zero attached hydrogens (tertiary/aromatic N) is 3. The topological polar surface area (TPSA) is 68.5 Å². The average molecular weight is 337 g/mol. The molecule has 0 aliphatic carbocycles. The second-order valence-corrected chi connectivity index (χ2v) is 5.16. The van der Waals surface area contributed by atoms with Crippen molar-refractivity contribution in [1.82, 2.24) is 14.6 Å². The Kier molecular flexibility index (Phi) is 3.87. The molecular weight excluding hydrogens is 327 g/mol. The van der Waals surface area contributed by atoms with Gasteiger partial charge in [-0.25, -0.2) is 9.50 Å². The van der Waals surface area contributed by atoms with Crippen molar-refractivity contribution in [3.05, 3.63) is 52.4 Å². The molecule has 0 spiro atoms. The van der Waals surface area contributed by atoms with Crippen molar-refractivity contribution in [2.24, 2.45) is 0 Å². The molecule has 3 rings (SSSR count). The zero-order valence-corrected chi connectivity index (χ0v) is 12.9. The van der Waals surface area contributed by atoms with Crippen LogP contribution < -0.4 is 10.1 Å². The molecule has 22 heavy (non-hydrogen) atoms. The molecule has 3 aromatic rings. The molecule has 0 aliphatic rings. The molecule has 0 saturated heterocycles. The van der Waals surface area contributed by atoms with Gasteiger partial charge in [-0.1, -0.05) is 23.2 Å². The minimum absolute atomic E-state index is 0.0717. The van der Waals surface area contributed by atoms with Crippen LogP contribution in [0.2, 0.25) is 10.0 Å². The van der Waals surface area contributed by atoms with Gasteiger partial charge in [0.25, 0.3) is 5.91 Å². The molecule has 1 amide bonds. The molecule has 0 atom stereocenters. The van der Waals surface area contributed by atoms with E-state index in [2.05, 4.69) is 15.4 Å². The Morgan fingerprint density at radius 1 is 1.36 bits per heavy atom. The smallest absolute Gasteiger partial charge is 0.277 e. The summed E-state index contributed by atoms with van der Waals surface area (Å²) in [5.41, 5.74) is 0.913. The molecule has 8 heteroatoms. The molecule has 0 aliphatic heterocycles. The molecule has 2 aromatic heterocycles. The summed E-state index contributed by atoms with van der Waals surface area (Å²) in [6.45, 7) is 0. The quantitative estimate of drug-likeness (QED) is 0.796. The second kappa shape index (κ2) is 5.82. The highest BCUT2D eigenvalue weighted by atomic mass is 35.5. The first kappa shape index (κ1) is 14.6. The molecule has 1 aromatic carbocycles. The summed E-state index contributed by atoms with van der Waals surface area (Å²) in [6.07, 6.45) is 3.23. The molecule has 0 radical (unpaired) electrons. The third-order valence-corrected chi connectivity index (χ3v) is 3.55. The minimum Gasteiger partial charge on any atom is -0.495 e. The standard InChI is InChI=1S/C14H10Cl2N4O2/c1-22-10-4-3-8(15)7-9(10)18-14(21)12-11(16)13-17-5-2-6-20(13)19-12/h2-7H,1H3,(H,18,21). The SMILES string of the molecule is COc1ccc(Cl)cc1NC(=O)c1nn2cccnc2c1Cl. The van der Waals surface area contributed by atoms with E-state index in [-0.39, 0.29) is 10.7 Å². The Morgan fingerprint density at radius 2 is 2.18 bits per heavy atom. The lowest BCUT2D eigenvalue weighted by Gasteiger charge is -2.09. The van der Waals surface area contributed by atoms with Gasteiger partial charge >= 0.3 is 0 Å². The van der Waals surface area contributed by atoms with Crippen LogP contribution in [0, 0.1) is 0 Å². The largest absolute Gasteiger partial charge is 0.495 e. The summed E-state index contributed by atoms with van der Waals surface area (Å²) in [7, 11) is 1.50. The first-order valence-electron chi connectivity index (χ1n) is 6.24. The predicted octanol–water partition coefficient (Wildman–Crippen LogP) is 3.30. The van der Waals surface area contributed by atoms with Crippen molar-refractivity contribution < 1.29 is 9.53 Å². The van der Waals surface area contributed by atoms with E-state index >= 15 is 0 Å². The molecule has 0 bridgehead atoms. The van der Waals surface area contributed by atoms with Crippen molar-refractivity contribution in [3.8, 4) is 5.75 Å². The summed E-state index contributed by atoms with van der Waals surface area (Å²) in [5.74, 6) is 0.00632. The van der Waals surface area contributed by atoms with E-state index in [1.807, 2.05) is 0 Å². The minimum atomic E-state index is -0.476. The van der Waals surface area contributed by atoms with Crippen LogP contribution in [-0.4, -0.2) is 27.6 Å². The van der Waals surface area contributed by atoms with Gasteiger partial charge in [-0.05, 0) is 24.3 Å². The summed E-state index contributed by atoms with van der Waals surface area (Å²) >= 11 is 12.1. The van der Waals surface area contributed by atoms with Gasteiger partial charge in [0.15, 0.2) is 11.3 Å². The first-order chi connectivity index (χ1) is 10.6. The zero-order chi connectivity index (χ0) is 15.7. The summed E-state index contributed by atoms with van der Waals surface area (Å²) < 4.78 is 6.62. The van der Waals surface area contributed by atoms with Crippen molar-refractivity contribution in [1.29, 1.82) is 0 Å². The number of anilines is 1. The molecule has 0 unspecified atom stereocenters. The van der Waals surface area contributed by atoms with Crippen molar-refractivity contribution in [2.45, 2.75) is 0 Å². The normalized spacial score (nSPS) is 10.7. The van der Waals surface area contributed by atoms with Crippen molar-refractivity contribution >= 4 is 40.4 Å². The molecular formula is C14H10Cl2N4O2. The van der Waals surface area contributed by atoms with E-state index in [4.69, 9.17) is 27.9 Å². The van der Waals surface area contributed by atoms with Crippen LogP contribution >= 0.6 is 23.2 Å². The third kappa shape index (κ3) is 2.58. The van der Waals surface area contributed by atoms with E-state index in [0.29, 0.717) is 22.1 Å². The fraction of sp³-hybridized carbons (Fsp3) is 0.0714. The van der Waals surface area contributed by atoms with Gasteiger partial charge in [-0.2, -0.15) is 5.10 Å². The molecule has 0 saturated carbocycles. The maximum atomic E-state index is 12.4. The predicted molar refractivity (Wildman–Crippen MR) is 84.0 cm³/mol. The number of rotatable bonds is 3. The van der Waals surface area contributed by atoms with E-state index in [1.165, 1.54) is 11.6 Å². The average Bonchev–Trinajstić information content (AvgIpc) is 2.85. The number of fused-ring (bicyclic) bond motifs is 1. The van der Waals surface area contributed by atoms with Crippen LogP contribution in [0.5, 0.6) is 5.75 Å². The van der Waals surface area contributed by atoms with Crippen molar-refractivity contribution in [2.75, 3.05) is 12.4 Å². The van der Waals surface area contributed by atoms with Crippen LogP contribution in [0.1, 0.15) is 10.5 Å². The van der Waals surface area contributed by atoms with Gasteiger partial charge in [0.2, 0.25) is 0 Å². The third-order valence-electron chi connectivity index (χ3n) is 2.96. The Hall–Kier alpha value is -2.31. The fourth-order valence-corrected chi connectivity index (χ4v) is 2.39. The molecule has 6 nitrogen and oxygen atoms in total. The number of methoxy groups -OCH3 is 1. The maximum Gasteiger partial charge on any atom is 0.277 e. The summed E-state index contributed by atoms with van der Waals surface area (Å²) in [6, 6.07) is 6.60. The summed E-state index contributed by atoms with van der Waals surface area (Å²) in [4.78, 5) is 16.5. The van der Waals surface area contributed by atoms with Crippen LogP contribution in [-0.2, 0) is 0 Å². The number of hydrogen-bond donors (Lipinski definition) is 1. The fourth-order valence-electron chi connectivity index (χ4n) is 1.96. The first-order valence-corrected chi connectivity index (χ1v) is 6.99. The molecule has 1 N–H and O–H groups in total. The van der Waals surface area contributed by atoms with Crippen LogP contribution in [0.15, 0.2) is 36.7 Å². The highest BCUT2D eigenvalue weighted by molar-refractivity contribution is 6.37. The zero-order valence-electron chi connectivity index (χ0n) is 11.4. The van der Waals surface area contributed by atoms with Gasteiger partial charge in [-0.3, -0.25) is 4.79 Å². The van der Waals surface area contributed by atoms with Gasteiger partial charge < -0.3 is 10.1 Å². The lowest BCUT2D eigenvalue weighted by Crippen LogP contribution is -2.14. The maximum absolute atomic E-state index is 12.4. The van der Waals surface area contributed by atoms with Gasteiger partial charge in [0.1, 0.15) is 10.8 Å². The number of carbonyl (C=O) groups excluding carboxylic acids is 1. The number of hydrogen-bond acceptors (Lipinski definition) is 4. The number of ether oxygens (including phenoxy) is 1. The Morgan fingerprint density at radius 3 is 2.91 bits per heavy atom. The van der Waals surface area contributed by atoms with E-state index in [1.54, 1.807) is 36.7 Å². The number of nitrogens with one attached hydrogen (secondary N) is 1. The molecule has 0 fully saturated rings. The lowest BCUT2D eigenvalue weighted by atomic mass is 10.2. The highest BCUT2D eigenvalue weighted by Gasteiger charge is 2.20. The van der Waals surface area contributed by atoms with Gasteiger partial charge in [0, 0.05) is 17.4 Å². The van der Waals surface area contributed by atoms with Crippen LogP contribution in [0.3, 0.4) is 0 Å². The van der Waals surface area contributed by atoms with Crippen LogP contribution in [0.25, 0.3) is 5.65 Å². The second-order valence-electron chi connectivity index (χ2n) is 4.35. The number of aromatic nitrogens is 3. The Bertz CT molecular complexity index is 863. The van der Waals surface area contributed by atoms with Crippen LogP contribution in [0.4, 0.5) is 5.69 Å². The number of carbonyl (C=O) groups is 1. The Labute approximate surface area is 135 Å². The van der Waals surface area contributed by atoms with Crippen molar-refractivity contribution in [3.63, 3.8) is 0 Å². The van der Waals surface area contributed by atoms with Gasteiger partial charge in [0.05, 0.1) is 12.8 Å². The molecule has 2 heterocycles. The highest BCUT2D eigenvalue weighted by Crippen LogP contribution is 2.29. The van der Waals surface area contributed by atoms with E-state index in [9.17, 15) is 4.79 Å². The monoisotopic (exact) mass is 336 g/mol. The Balaban J connectivity index is 1.97. The lowest BCUT2D eigenvalue weighted by molar-refractivity contribution is 0.102. The number of benzene rings is 1. The summed E-state index contributed by atoms with van der Waals surface area (Å²) in [5, 5.41) is 7.46.